The Morgan fingerprint density at radius 3 is 2.80 bits per heavy atom. The van der Waals surface area contributed by atoms with Crippen LogP contribution in [0.4, 0.5) is 5.69 Å². The van der Waals surface area contributed by atoms with E-state index in [9.17, 15) is 4.79 Å². The first-order valence-corrected chi connectivity index (χ1v) is 9.60. The van der Waals surface area contributed by atoms with E-state index in [0.717, 1.165) is 41.1 Å². The van der Waals surface area contributed by atoms with Crippen LogP contribution >= 0.6 is 12.4 Å². The number of hydrogen-bond donors (Lipinski definition) is 3. The van der Waals surface area contributed by atoms with Crippen LogP contribution < -0.4 is 20.1 Å². The predicted octanol–water partition coefficient (Wildman–Crippen LogP) is 3.63. The van der Waals surface area contributed by atoms with Crippen molar-refractivity contribution >= 4 is 24.0 Å². The fourth-order valence-corrected chi connectivity index (χ4v) is 3.48. The summed E-state index contributed by atoms with van der Waals surface area (Å²) in [5.41, 5.74) is 4.92. The Hall–Kier alpha value is -3.03. The second kappa shape index (κ2) is 9.65. The largest absolute Gasteiger partial charge is 0.496 e. The van der Waals surface area contributed by atoms with E-state index in [2.05, 4.69) is 20.8 Å². The summed E-state index contributed by atoms with van der Waals surface area (Å²) in [6.45, 7) is 3.84. The SMILES string of the molecule is COc1ccccc1COc1cccc(NC(=O)c2n[nH]c3c2CNCC3)c1C.Cl. The minimum absolute atomic E-state index is 0. The molecule has 0 atom stereocenters. The lowest BCUT2D eigenvalue weighted by Crippen LogP contribution is -2.25. The van der Waals surface area contributed by atoms with Crippen LogP contribution in [0.15, 0.2) is 42.5 Å². The van der Waals surface area contributed by atoms with Crippen LogP contribution in [-0.4, -0.2) is 29.8 Å². The molecule has 2 aromatic carbocycles. The molecular formula is C22H25ClN4O3. The second-order valence-corrected chi connectivity index (χ2v) is 6.94. The summed E-state index contributed by atoms with van der Waals surface area (Å²) in [7, 11) is 1.64. The standard InChI is InChI=1S/C22H24N4O3.ClH/c1-14-17(24-22(27)21-16-12-23-11-10-18(16)25-26-21)7-5-9-19(14)29-13-15-6-3-4-8-20(15)28-2;/h3-9,23H,10-13H2,1-2H3,(H,24,27)(H,25,26);1H. The number of nitrogens with one attached hydrogen (secondary N) is 3. The summed E-state index contributed by atoms with van der Waals surface area (Å²) in [5, 5.41) is 13.4. The lowest BCUT2D eigenvalue weighted by Gasteiger charge is -2.15. The van der Waals surface area contributed by atoms with Gasteiger partial charge in [0.05, 0.1) is 7.11 Å². The van der Waals surface area contributed by atoms with Gasteiger partial charge in [0.15, 0.2) is 5.69 Å². The minimum Gasteiger partial charge on any atom is -0.496 e. The maximum atomic E-state index is 12.8. The topological polar surface area (TPSA) is 88.3 Å². The number of para-hydroxylation sites is 1. The van der Waals surface area contributed by atoms with E-state index in [1.165, 1.54) is 0 Å². The molecule has 0 unspecified atom stereocenters. The molecular weight excluding hydrogens is 404 g/mol. The molecule has 30 heavy (non-hydrogen) atoms. The van der Waals surface area contributed by atoms with Crippen molar-refractivity contribution in [2.45, 2.75) is 26.5 Å². The molecule has 1 aliphatic rings. The van der Waals surface area contributed by atoms with E-state index in [4.69, 9.17) is 9.47 Å². The van der Waals surface area contributed by atoms with Crippen LogP contribution in [-0.2, 0) is 19.6 Å². The summed E-state index contributed by atoms with van der Waals surface area (Å²) < 4.78 is 11.4. The molecule has 1 aliphatic heterocycles. The quantitative estimate of drug-likeness (QED) is 0.558. The number of hydrogen-bond acceptors (Lipinski definition) is 5. The number of aromatic nitrogens is 2. The number of carbonyl (C=O) groups excluding carboxylic acids is 1. The first kappa shape index (κ1) is 21.7. The number of rotatable bonds is 6. The van der Waals surface area contributed by atoms with Gasteiger partial charge in [-0.05, 0) is 25.1 Å². The van der Waals surface area contributed by atoms with Crippen molar-refractivity contribution in [2.24, 2.45) is 0 Å². The van der Waals surface area contributed by atoms with E-state index >= 15 is 0 Å². The molecule has 4 rings (SSSR count). The van der Waals surface area contributed by atoms with Gasteiger partial charge in [-0.2, -0.15) is 5.10 Å². The van der Waals surface area contributed by atoms with Crippen molar-refractivity contribution in [3.05, 3.63) is 70.5 Å². The Kier molecular flexibility index (Phi) is 6.97. The molecule has 1 amide bonds. The highest BCUT2D eigenvalue weighted by atomic mass is 35.5. The molecule has 3 N–H and O–H groups in total. The summed E-state index contributed by atoms with van der Waals surface area (Å²) in [5.74, 6) is 1.27. The van der Waals surface area contributed by atoms with E-state index in [1.54, 1.807) is 7.11 Å². The molecule has 7 nitrogen and oxygen atoms in total. The third-order valence-electron chi connectivity index (χ3n) is 5.13. The number of aromatic amines is 1. The summed E-state index contributed by atoms with van der Waals surface area (Å²) in [4.78, 5) is 12.8. The number of halogens is 1. The van der Waals surface area contributed by atoms with Crippen molar-refractivity contribution in [1.29, 1.82) is 0 Å². The molecule has 0 fully saturated rings. The minimum atomic E-state index is -0.226. The van der Waals surface area contributed by atoms with Crippen LogP contribution in [0.1, 0.15) is 32.9 Å². The zero-order chi connectivity index (χ0) is 20.2. The van der Waals surface area contributed by atoms with Gasteiger partial charge in [0.2, 0.25) is 0 Å². The molecule has 8 heteroatoms. The van der Waals surface area contributed by atoms with Crippen molar-refractivity contribution in [3.8, 4) is 11.5 Å². The number of carbonyl (C=O) groups is 1. The number of benzene rings is 2. The van der Waals surface area contributed by atoms with Gasteiger partial charge in [-0.25, -0.2) is 0 Å². The molecule has 3 aromatic rings. The molecule has 0 bridgehead atoms. The molecule has 2 heterocycles. The van der Waals surface area contributed by atoms with Crippen molar-refractivity contribution in [3.63, 3.8) is 0 Å². The Bertz CT molecular complexity index is 1030. The Labute approximate surface area is 181 Å². The first-order chi connectivity index (χ1) is 14.2. The van der Waals surface area contributed by atoms with Gasteiger partial charge in [0.1, 0.15) is 18.1 Å². The van der Waals surface area contributed by atoms with Crippen molar-refractivity contribution in [1.82, 2.24) is 15.5 Å². The molecule has 0 saturated carbocycles. The van der Waals surface area contributed by atoms with Crippen LogP contribution in [0, 0.1) is 6.92 Å². The predicted molar refractivity (Wildman–Crippen MR) is 118 cm³/mol. The average molecular weight is 429 g/mol. The number of amides is 1. The Balaban J connectivity index is 0.00000256. The molecule has 0 saturated heterocycles. The molecule has 158 valence electrons. The highest BCUT2D eigenvalue weighted by molar-refractivity contribution is 6.04. The molecule has 1 aromatic heterocycles. The van der Waals surface area contributed by atoms with E-state index in [-0.39, 0.29) is 18.3 Å². The zero-order valence-corrected chi connectivity index (χ0v) is 17.8. The number of anilines is 1. The fraction of sp³-hybridized carbons (Fsp3) is 0.273. The van der Waals surface area contributed by atoms with Crippen LogP contribution in [0.3, 0.4) is 0 Å². The average Bonchev–Trinajstić information content (AvgIpc) is 3.19. The monoisotopic (exact) mass is 428 g/mol. The normalized spacial score (nSPS) is 12.5. The third kappa shape index (κ3) is 4.42. The van der Waals surface area contributed by atoms with Crippen LogP contribution in [0.25, 0.3) is 0 Å². The summed E-state index contributed by atoms with van der Waals surface area (Å²) >= 11 is 0. The van der Waals surface area contributed by atoms with Gasteiger partial charge in [-0.15, -0.1) is 12.4 Å². The lowest BCUT2D eigenvalue weighted by atomic mass is 10.1. The van der Waals surface area contributed by atoms with Gasteiger partial charge < -0.3 is 20.1 Å². The fourth-order valence-electron chi connectivity index (χ4n) is 3.48. The summed E-state index contributed by atoms with van der Waals surface area (Å²) in [6.07, 6.45) is 0.848. The number of ether oxygens (including phenoxy) is 2. The number of methoxy groups -OCH3 is 1. The Morgan fingerprint density at radius 1 is 1.17 bits per heavy atom. The maximum absolute atomic E-state index is 12.8. The molecule has 0 spiro atoms. The lowest BCUT2D eigenvalue weighted by molar-refractivity contribution is 0.102. The van der Waals surface area contributed by atoms with Gasteiger partial charge in [-0.3, -0.25) is 9.89 Å². The van der Waals surface area contributed by atoms with E-state index in [0.29, 0.717) is 30.3 Å². The number of H-pyrrole nitrogens is 1. The van der Waals surface area contributed by atoms with Crippen molar-refractivity contribution in [2.75, 3.05) is 19.0 Å². The van der Waals surface area contributed by atoms with E-state index in [1.807, 2.05) is 49.4 Å². The van der Waals surface area contributed by atoms with Gasteiger partial charge in [0.25, 0.3) is 5.91 Å². The summed E-state index contributed by atoms with van der Waals surface area (Å²) in [6, 6.07) is 13.4. The maximum Gasteiger partial charge on any atom is 0.276 e. The van der Waals surface area contributed by atoms with Gasteiger partial charge >= 0.3 is 0 Å². The van der Waals surface area contributed by atoms with Gasteiger partial charge in [-0.1, -0.05) is 24.3 Å². The number of nitrogens with zero attached hydrogens (tertiary/aromatic N) is 1. The smallest absolute Gasteiger partial charge is 0.276 e. The highest BCUT2D eigenvalue weighted by Gasteiger charge is 2.22. The molecule has 0 radical (unpaired) electrons. The van der Waals surface area contributed by atoms with Crippen LogP contribution in [0.5, 0.6) is 11.5 Å². The second-order valence-electron chi connectivity index (χ2n) is 6.94. The third-order valence-corrected chi connectivity index (χ3v) is 5.13. The number of fused-ring (bicyclic) bond motifs is 1. The van der Waals surface area contributed by atoms with Crippen molar-refractivity contribution < 1.29 is 14.3 Å². The zero-order valence-electron chi connectivity index (χ0n) is 17.0. The Morgan fingerprint density at radius 2 is 1.97 bits per heavy atom. The van der Waals surface area contributed by atoms with E-state index < -0.39 is 0 Å². The highest BCUT2D eigenvalue weighted by Crippen LogP contribution is 2.28. The van der Waals surface area contributed by atoms with Gasteiger partial charge in [0, 0.05) is 47.6 Å². The first-order valence-electron chi connectivity index (χ1n) is 9.60. The van der Waals surface area contributed by atoms with Crippen LogP contribution in [0.2, 0.25) is 0 Å². The molecule has 0 aliphatic carbocycles.